The Hall–Kier alpha value is -3.49. The van der Waals surface area contributed by atoms with Gasteiger partial charge < -0.3 is 24.2 Å². The van der Waals surface area contributed by atoms with Crippen LogP contribution in [0.5, 0.6) is 0 Å². The number of carbonyl (C=O) groups excluding carboxylic acids is 1. The number of likely N-dealkylation sites (N-methyl/N-ethyl adjacent to an activating group) is 1. The summed E-state index contributed by atoms with van der Waals surface area (Å²) < 4.78 is 10.9. The zero-order valence-corrected chi connectivity index (χ0v) is 21.8. The highest BCUT2D eigenvalue weighted by Gasteiger charge is 2.36. The monoisotopic (exact) mass is 501 g/mol. The molecule has 0 saturated heterocycles. The van der Waals surface area contributed by atoms with E-state index in [2.05, 4.69) is 49.4 Å². The summed E-state index contributed by atoms with van der Waals surface area (Å²) in [6, 6.07) is 4.40. The first-order valence-electron chi connectivity index (χ1n) is 12.9. The lowest BCUT2D eigenvalue weighted by molar-refractivity contribution is -0.114. The van der Waals surface area contributed by atoms with Crippen LogP contribution in [0.3, 0.4) is 0 Å². The van der Waals surface area contributed by atoms with Gasteiger partial charge in [0.2, 0.25) is 0 Å². The van der Waals surface area contributed by atoms with Crippen molar-refractivity contribution in [2.75, 3.05) is 39.4 Å². The molecule has 0 saturated carbocycles. The molecule has 0 fully saturated rings. The minimum absolute atomic E-state index is 0.468. The lowest BCUT2D eigenvalue weighted by Crippen LogP contribution is -2.33. The number of nitrogens with zero attached hydrogens (tertiary/aromatic N) is 3. The van der Waals surface area contributed by atoms with Crippen LogP contribution in [0.4, 0.5) is 5.69 Å². The molecule has 1 aliphatic heterocycles. The molecule has 194 valence electrons. The Bertz CT molecular complexity index is 1360. The number of allylic oxidation sites excluding steroid dienone is 2. The molecule has 0 bridgehead atoms. The molecular weight excluding hydrogens is 466 g/mol. The molecule has 0 atom stereocenters. The Morgan fingerprint density at radius 2 is 1.95 bits per heavy atom. The third-order valence-corrected chi connectivity index (χ3v) is 7.72. The molecule has 2 aliphatic rings. The number of methoxy groups -OCH3 is 2. The summed E-state index contributed by atoms with van der Waals surface area (Å²) in [7, 11) is 5.39. The number of anilines is 1. The minimum atomic E-state index is -0.774. The number of hydrogen-bond donors (Lipinski definition) is 2. The molecule has 1 aromatic carbocycles. The van der Waals surface area contributed by atoms with E-state index in [1.165, 1.54) is 16.5 Å². The summed E-state index contributed by atoms with van der Waals surface area (Å²) in [5.74, 6) is 0. The average molecular weight is 502 g/mol. The van der Waals surface area contributed by atoms with Gasteiger partial charge in [0, 0.05) is 63.7 Å². The van der Waals surface area contributed by atoms with Crippen LogP contribution in [-0.4, -0.2) is 62.2 Å². The molecule has 2 aromatic heterocycles. The van der Waals surface area contributed by atoms with Gasteiger partial charge in [-0.3, -0.25) is 10.1 Å². The molecule has 3 aromatic rings. The zero-order chi connectivity index (χ0) is 25.8. The summed E-state index contributed by atoms with van der Waals surface area (Å²) in [5, 5.41) is 8.69. The molecule has 2 N–H and O–H groups in total. The van der Waals surface area contributed by atoms with Gasteiger partial charge in [-0.25, -0.2) is 0 Å². The van der Waals surface area contributed by atoms with E-state index in [1.807, 2.05) is 25.7 Å². The van der Waals surface area contributed by atoms with Gasteiger partial charge in [-0.1, -0.05) is 6.08 Å². The third kappa shape index (κ3) is 4.67. The van der Waals surface area contributed by atoms with Crippen molar-refractivity contribution in [1.82, 2.24) is 15.2 Å². The molecule has 8 nitrogen and oxygen atoms in total. The van der Waals surface area contributed by atoms with Crippen molar-refractivity contribution >= 4 is 29.1 Å². The summed E-state index contributed by atoms with van der Waals surface area (Å²) in [5.41, 5.74) is 7.81. The second kappa shape index (κ2) is 10.9. The van der Waals surface area contributed by atoms with E-state index in [0.717, 1.165) is 65.8 Å². The topological polar surface area (TPSA) is 95.6 Å². The quantitative estimate of drug-likeness (QED) is 0.387. The van der Waals surface area contributed by atoms with E-state index in [-0.39, 0.29) is 0 Å². The number of aryl methyl sites for hydroxylation is 2. The first-order chi connectivity index (χ1) is 18.1. The lowest BCUT2D eigenvalue weighted by Gasteiger charge is -2.34. The van der Waals surface area contributed by atoms with Gasteiger partial charge in [0.25, 0.3) is 0 Å². The zero-order valence-electron chi connectivity index (χ0n) is 21.8. The van der Waals surface area contributed by atoms with E-state index in [9.17, 15) is 4.79 Å². The van der Waals surface area contributed by atoms with Crippen molar-refractivity contribution in [3.05, 3.63) is 59.1 Å². The lowest BCUT2D eigenvalue weighted by atomic mass is 9.75. The number of aliphatic imine (C=N–C) groups is 1. The number of fused-ring (bicyclic) bond motifs is 5. The van der Waals surface area contributed by atoms with Crippen LogP contribution >= 0.6 is 0 Å². The second-order valence-corrected chi connectivity index (χ2v) is 9.86. The van der Waals surface area contributed by atoms with Crippen LogP contribution in [0.1, 0.15) is 42.4 Å². The van der Waals surface area contributed by atoms with Crippen LogP contribution in [0, 0.1) is 0 Å². The van der Waals surface area contributed by atoms with Gasteiger partial charge in [-0.05, 0) is 67.0 Å². The SMILES string of the molecule is COCCC(C=O)(CCOC)c1cc2[nH]c3c(c2cc1N(C)C1=CN=CCC=C1)CCCc1cn[nH]c1-3. The predicted molar refractivity (Wildman–Crippen MR) is 147 cm³/mol. The Balaban J connectivity index is 1.75. The van der Waals surface area contributed by atoms with Crippen molar-refractivity contribution in [2.45, 2.75) is 43.9 Å². The van der Waals surface area contributed by atoms with Gasteiger partial charge >= 0.3 is 0 Å². The number of carbonyl (C=O) groups is 1. The molecular formula is C29H35N5O3. The number of ether oxygens (including phenoxy) is 2. The standard InChI is InChI=1S/C29H35N5O3/c1-34(21-8-4-5-12-30-18-21)26-15-23-22-9-6-7-20-17-31-33-27(20)28(22)32-25(23)16-24(26)29(19-35,10-13-36-2)11-14-37-3/h4,8,12,15-19,32H,5-7,9-11,13-14H2,1-3H3,(H,31,33). The van der Waals surface area contributed by atoms with Gasteiger partial charge in [-0.15, -0.1) is 0 Å². The van der Waals surface area contributed by atoms with Crippen LogP contribution in [0.25, 0.3) is 22.3 Å². The molecule has 1 aliphatic carbocycles. The molecule has 37 heavy (non-hydrogen) atoms. The number of nitrogens with one attached hydrogen (secondary N) is 2. The van der Waals surface area contributed by atoms with Crippen molar-refractivity contribution < 1.29 is 14.3 Å². The Kier molecular flexibility index (Phi) is 7.39. The summed E-state index contributed by atoms with van der Waals surface area (Å²) in [6.45, 7) is 0.935. The third-order valence-electron chi connectivity index (χ3n) is 7.72. The number of aromatic nitrogens is 3. The molecule has 3 heterocycles. The summed E-state index contributed by atoms with van der Waals surface area (Å²) in [6.07, 6.45) is 15.9. The van der Waals surface area contributed by atoms with Crippen molar-refractivity contribution in [1.29, 1.82) is 0 Å². The molecule has 0 radical (unpaired) electrons. The van der Waals surface area contributed by atoms with Crippen LogP contribution < -0.4 is 4.90 Å². The van der Waals surface area contributed by atoms with Crippen LogP contribution in [-0.2, 0) is 32.5 Å². The van der Waals surface area contributed by atoms with Crippen molar-refractivity contribution in [3.63, 3.8) is 0 Å². The van der Waals surface area contributed by atoms with Crippen LogP contribution in [0.15, 0.2) is 47.4 Å². The maximum Gasteiger partial charge on any atom is 0.130 e. The maximum absolute atomic E-state index is 12.9. The predicted octanol–water partition coefficient (Wildman–Crippen LogP) is 4.86. The fraction of sp³-hybridized carbons (Fsp3) is 0.414. The summed E-state index contributed by atoms with van der Waals surface area (Å²) in [4.78, 5) is 23.2. The second-order valence-electron chi connectivity index (χ2n) is 9.86. The van der Waals surface area contributed by atoms with E-state index in [1.54, 1.807) is 14.2 Å². The highest BCUT2D eigenvalue weighted by Crippen LogP contribution is 2.43. The normalized spacial score (nSPS) is 15.2. The number of aromatic amines is 2. The number of hydrogen-bond acceptors (Lipinski definition) is 6. The van der Waals surface area contributed by atoms with E-state index in [4.69, 9.17) is 9.47 Å². The molecule has 8 heteroatoms. The smallest absolute Gasteiger partial charge is 0.130 e. The van der Waals surface area contributed by atoms with Crippen molar-refractivity contribution in [2.24, 2.45) is 4.99 Å². The molecule has 0 unspecified atom stereocenters. The summed E-state index contributed by atoms with van der Waals surface area (Å²) >= 11 is 0. The van der Waals surface area contributed by atoms with E-state index in [0.29, 0.717) is 26.1 Å². The van der Waals surface area contributed by atoms with E-state index >= 15 is 0 Å². The van der Waals surface area contributed by atoms with Crippen LogP contribution in [0.2, 0.25) is 0 Å². The number of benzene rings is 1. The largest absolute Gasteiger partial charge is 0.385 e. The Labute approximate surface area is 217 Å². The highest BCUT2D eigenvalue weighted by atomic mass is 16.5. The number of H-pyrrole nitrogens is 2. The number of aldehydes is 1. The Morgan fingerprint density at radius 1 is 1.14 bits per heavy atom. The molecule has 5 rings (SSSR count). The van der Waals surface area contributed by atoms with Gasteiger partial charge in [0.1, 0.15) is 6.29 Å². The maximum atomic E-state index is 12.9. The molecule has 0 spiro atoms. The Morgan fingerprint density at radius 3 is 2.70 bits per heavy atom. The minimum Gasteiger partial charge on any atom is -0.385 e. The van der Waals surface area contributed by atoms with Crippen molar-refractivity contribution in [3.8, 4) is 11.4 Å². The first kappa shape index (κ1) is 25.2. The highest BCUT2D eigenvalue weighted by molar-refractivity contribution is 5.96. The average Bonchev–Trinajstić information content (AvgIpc) is 3.35. The first-order valence-corrected chi connectivity index (χ1v) is 12.9. The van der Waals surface area contributed by atoms with E-state index < -0.39 is 5.41 Å². The fourth-order valence-electron chi connectivity index (χ4n) is 5.57. The number of rotatable bonds is 10. The van der Waals surface area contributed by atoms with Gasteiger partial charge in [0.15, 0.2) is 0 Å². The van der Waals surface area contributed by atoms with Gasteiger partial charge in [0.05, 0.1) is 34.9 Å². The van der Waals surface area contributed by atoms with Gasteiger partial charge in [-0.2, -0.15) is 5.10 Å². The fourth-order valence-corrected chi connectivity index (χ4v) is 5.57. The molecule has 0 amide bonds.